The molecule has 0 unspecified atom stereocenters. The molecule has 0 aliphatic rings. The average molecular weight is 298 g/mol. The number of aryl methyl sites for hydroxylation is 1. The Morgan fingerprint density at radius 2 is 2.05 bits per heavy atom. The minimum absolute atomic E-state index is 0.264. The van der Waals surface area contributed by atoms with Crippen molar-refractivity contribution >= 4 is 22.6 Å². The first-order chi connectivity index (χ1) is 9.71. The first-order valence-corrected chi connectivity index (χ1v) is 7.66. The lowest BCUT2D eigenvalue weighted by Crippen LogP contribution is -2.27. The minimum Gasteiger partial charge on any atom is -0.327 e. The van der Waals surface area contributed by atoms with Crippen molar-refractivity contribution in [1.29, 1.82) is 0 Å². The van der Waals surface area contributed by atoms with Gasteiger partial charge < -0.3 is 9.47 Å². The fourth-order valence-electron chi connectivity index (χ4n) is 2.47. The highest BCUT2D eigenvalue weighted by atomic mass is 35.5. The van der Waals surface area contributed by atoms with Crippen LogP contribution in [0.15, 0.2) is 18.2 Å². The van der Waals surface area contributed by atoms with Gasteiger partial charge in [-0.15, -0.1) is 11.6 Å². The molecule has 2 rings (SSSR count). The fraction of sp³-hybridized carbons (Fsp3) is 0.533. The summed E-state index contributed by atoms with van der Waals surface area (Å²) < 4.78 is 15.9. The third-order valence-electron chi connectivity index (χ3n) is 3.66. The van der Waals surface area contributed by atoms with Crippen molar-refractivity contribution in [3.63, 3.8) is 0 Å². The summed E-state index contributed by atoms with van der Waals surface area (Å²) in [6, 6.07) is 5.11. The van der Waals surface area contributed by atoms with Crippen molar-refractivity contribution in [1.82, 2.24) is 14.5 Å². The molecule has 0 amide bonds. The largest absolute Gasteiger partial charge is 0.327 e. The van der Waals surface area contributed by atoms with Crippen molar-refractivity contribution in [2.45, 2.75) is 26.8 Å². The lowest BCUT2D eigenvalue weighted by Gasteiger charge is -2.19. The summed E-state index contributed by atoms with van der Waals surface area (Å²) in [7, 11) is 0. The van der Waals surface area contributed by atoms with E-state index < -0.39 is 0 Å². The van der Waals surface area contributed by atoms with Crippen molar-refractivity contribution in [3.8, 4) is 0 Å². The SMILES string of the molecule is CCN(CC)CCn1c(CCCl)nc2c(F)cccc21. The lowest BCUT2D eigenvalue weighted by atomic mass is 10.3. The Hall–Kier alpha value is -1.13. The van der Waals surface area contributed by atoms with Gasteiger partial charge in [0.15, 0.2) is 5.82 Å². The molecule has 1 heterocycles. The first-order valence-electron chi connectivity index (χ1n) is 7.13. The summed E-state index contributed by atoms with van der Waals surface area (Å²) in [5, 5.41) is 0. The second kappa shape index (κ2) is 7.04. The molecule has 110 valence electrons. The molecule has 0 atom stereocenters. The second-order valence-electron chi connectivity index (χ2n) is 4.75. The number of benzene rings is 1. The van der Waals surface area contributed by atoms with Crippen LogP contribution in [0.1, 0.15) is 19.7 Å². The zero-order valence-corrected chi connectivity index (χ0v) is 12.8. The number of imidazole rings is 1. The van der Waals surface area contributed by atoms with E-state index in [2.05, 4.69) is 28.3 Å². The molecular formula is C15H21ClFN3. The predicted octanol–water partition coefficient (Wildman–Crippen LogP) is 3.30. The van der Waals surface area contributed by atoms with Crippen molar-refractivity contribution in [2.24, 2.45) is 0 Å². The predicted molar refractivity (Wildman–Crippen MR) is 81.9 cm³/mol. The van der Waals surface area contributed by atoms with Crippen LogP contribution in [-0.4, -0.2) is 40.0 Å². The first kappa shape index (κ1) is 15.3. The summed E-state index contributed by atoms with van der Waals surface area (Å²) in [5.41, 5.74) is 1.31. The van der Waals surface area contributed by atoms with Gasteiger partial charge >= 0.3 is 0 Å². The van der Waals surface area contributed by atoms with Gasteiger partial charge in [-0.05, 0) is 25.2 Å². The van der Waals surface area contributed by atoms with Crippen LogP contribution in [-0.2, 0) is 13.0 Å². The standard InChI is InChI=1S/C15H21ClFN3/c1-3-19(4-2)10-11-20-13-7-5-6-12(17)15(13)18-14(20)8-9-16/h5-7H,3-4,8-11H2,1-2H3. The number of para-hydroxylation sites is 1. The van der Waals surface area contributed by atoms with Gasteiger partial charge in [-0.1, -0.05) is 19.9 Å². The summed E-state index contributed by atoms with van der Waals surface area (Å²) in [5.74, 6) is 1.10. The zero-order chi connectivity index (χ0) is 14.5. The van der Waals surface area contributed by atoms with Crippen LogP contribution >= 0.6 is 11.6 Å². The number of rotatable bonds is 7. The van der Waals surface area contributed by atoms with E-state index in [0.717, 1.165) is 37.5 Å². The molecule has 5 heteroatoms. The average Bonchev–Trinajstić information content (AvgIpc) is 2.80. The number of alkyl halides is 1. The third kappa shape index (κ3) is 3.13. The van der Waals surface area contributed by atoms with Crippen molar-refractivity contribution in [3.05, 3.63) is 29.8 Å². The van der Waals surface area contributed by atoms with E-state index in [-0.39, 0.29) is 5.82 Å². The fourth-order valence-corrected chi connectivity index (χ4v) is 2.64. The van der Waals surface area contributed by atoms with E-state index in [0.29, 0.717) is 17.8 Å². The van der Waals surface area contributed by atoms with Crippen LogP contribution in [0.2, 0.25) is 0 Å². The number of aromatic nitrogens is 2. The molecule has 0 radical (unpaired) electrons. The van der Waals surface area contributed by atoms with Crippen molar-refractivity contribution < 1.29 is 4.39 Å². The number of nitrogens with zero attached hydrogens (tertiary/aromatic N) is 3. The van der Waals surface area contributed by atoms with Gasteiger partial charge in [-0.2, -0.15) is 0 Å². The maximum absolute atomic E-state index is 13.8. The number of halogens is 2. The number of fused-ring (bicyclic) bond motifs is 1. The summed E-state index contributed by atoms with van der Waals surface area (Å²) in [6.45, 7) is 8.08. The van der Waals surface area contributed by atoms with E-state index in [1.54, 1.807) is 6.07 Å². The molecule has 2 aromatic rings. The highest BCUT2D eigenvalue weighted by Crippen LogP contribution is 2.20. The van der Waals surface area contributed by atoms with E-state index in [1.165, 1.54) is 6.07 Å². The maximum Gasteiger partial charge on any atom is 0.151 e. The van der Waals surface area contributed by atoms with Crippen LogP contribution < -0.4 is 0 Å². The van der Waals surface area contributed by atoms with Gasteiger partial charge in [-0.25, -0.2) is 9.37 Å². The van der Waals surface area contributed by atoms with E-state index in [1.807, 2.05) is 6.07 Å². The Morgan fingerprint density at radius 3 is 2.70 bits per heavy atom. The van der Waals surface area contributed by atoms with E-state index in [4.69, 9.17) is 11.6 Å². The van der Waals surface area contributed by atoms with Gasteiger partial charge in [0.25, 0.3) is 0 Å². The van der Waals surface area contributed by atoms with Crippen LogP contribution in [0.25, 0.3) is 11.0 Å². The molecule has 20 heavy (non-hydrogen) atoms. The normalized spacial score (nSPS) is 11.7. The Balaban J connectivity index is 2.33. The molecule has 0 saturated heterocycles. The van der Waals surface area contributed by atoms with Crippen LogP contribution in [0.5, 0.6) is 0 Å². The Labute approximate surface area is 124 Å². The molecule has 3 nitrogen and oxygen atoms in total. The Morgan fingerprint density at radius 1 is 1.30 bits per heavy atom. The summed E-state index contributed by atoms with van der Waals surface area (Å²) in [4.78, 5) is 6.76. The van der Waals surface area contributed by atoms with Crippen molar-refractivity contribution in [2.75, 3.05) is 25.5 Å². The highest BCUT2D eigenvalue weighted by molar-refractivity contribution is 6.17. The van der Waals surface area contributed by atoms with Crippen LogP contribution in [0.3, 0.4) is 0 Å². The highest BCUT2D eigenvalue weighted by Gasteiger charge is 2.13. The van der Waals surface area contributed by atoms with Gasteiger partial charge in [-0.3, -0.25) is 0 Å². The van der Waals surface area contributed by atoms with E-state index in [9.17, 15) is 4.39 Å². The maximum atomic E-state index is 13.8. The summed E-state index contributed by atoms with van der Waals surface area (Å²) >= 11 is 5.84. The zero-order valence-electron chi connectivity index (χ0n) is 12.1. The Kier molecular flexibility index (Phi) is 5.38. The monoisotopic (exact) mass is 297 g/mol. The third-order valence-corrected chi connectivity index (χ3v) is 3.85. The lowest BCUT2D eigenvalue weighted by molar-refractivity contribution is 0.290. The summed E-state index contributed by atoms with van der Waals surface area (Å²) in [6.07, 6.45) is 0.661. The molecular weight excluding hydrogens is 277 g/mol. The second-order valence-corrected chi connectivity index (χ2v) is 5.13. The molecule has 0 fully saturated rings. The van der Waals surface area contributed by atoms with Gasteiger partial charge in [0.05, 0.1) is 5.52 Å². The quantitative estimate of drug-likeness (QED) is 0.731. The molecule has 0 spiro atoms. The van der Waals surface area contributed by atoms with Crippen LogP contribution in [0.4, 0.5) is 4.39 Å². The van der Waals surface area contributed by atoms with Crippen LogP contribution in [0, 0.1) is 5.82 Å². The minimum atomic E-state index is -0.264. The number of likely N-dealkylation sites (N-methyl/N-ethyl adjacent to an activating group) is 1. The van der Waals surface area contributed by atoms with Gasteiger partial charge in [0, 0.05) is 25.4 Å². The van der Waals surface area contributed by atoms with Gasteiger partial charge in [0.2, 0.25) is 0 Å². The molecule has 0 aliphatic heterocycles. The molecule has 1 aromatic heterocycles. The Bertz CT molecular complexity index is 563. The molecule has 0 N–H and O–H groups in total. The number of hydrogen-bond acceptors (Lipinski definition) is 2. The topological polar surface area (TPSA) is 21.1 Å². The molecule has 0 saturated carbocycles. The molecule has 1 aromatic carbocycles. The smallest absolute Gasteiger partial charge is 0.151 e. The number of hydrogen-bond donors (Lipinski definition) is 0. The van der Waals surface area contributed by atoms with Gasteiger partial charge in [0.1, 0.15) is 11.3 Å². The van der Waals surface area contributed by atoms with E-state index >= 15 is 0 Å². The molecule has 0 aliphatic carbocycles. The molecule has 0 bridgehead atoms.